The lowest BCUT2D eigenvalue weighted by molar-refractivity contribution is 0.261. The summed E-state index contributed by atoms with van der Waals surface area (Å²) in [6.45, 7) is 6.76. The van der Waals surface area contributed by atoms with E-state index in [4.69, 9.17) is 5.73 Å². The highest BCUT2D eigenvalue weighted by molar-refractivity contribution is 5.60. The summed E-state index contributed by atoms with van der Waals surface area (Å²) in [4.78, 5) is 25.9. The van der Waals surface area contributed by atoms with Crippen LogP contribution in [0, 0.1) is 11.8 Å². The molecule has 0 aromatic carbocycles. The van der Waals surface area contributed by atoms with E-state index in [-0.39, 0.29) is 11.9 Å². The van der Waals surface area contributed by atoms with E-state index in [1.54, 1.807) is 0 Å². The van der Waals surface area contributed by atoms with Crippen molar-refractivity contribution in [3.8, 4) is 0 Å². The third-order valence-electron chi connectivity index (χ3n) is 4.50. The minimum absolute atomic E-state index is 0.229. The Bertz CT molecular complexity index is 590. The van der Waals surface area contributed by atoms with Crippen LogP contribution in [-0.2, 0) is 6.54 Å². The molecule has 1 aliphatic rings. The van der Waals surface area contributed by atoms with E-state index in [0.29, 0.717) is 24.1 Å². The molecule has 6 heteroatoms. The molecule has 1 aromatic heterocycles. The molecule has 1 aliphatic carbocycles. The van der Waals surface area contributed by atoms with E-state index >= 15 is 0 Å². The highest BCUT2D eigenvalue weighted by Crippen LogP contribution is 2.31. The molecule has 0 saturated heterocycles. The first-order valence-corrected chi connectivity index (χ1v) is 7.33. The van der Waals surface area contributed by atoms with Crippen LogP contribution in [0.2, 0.25) is 0 Å². The number of hydrogen-bond donors (Lipinski definition) is 3. The number of H-pyrrole nitrogens is 1. The summed E-state index contributed by atoms with van der Waals surface area (Å²) in [5, 5.41) is 3.24. The van der Waals surface area contributed by atoms with E-state index in [1.807, 2.05) is 6.92 Å². The van der Waals surface area contributed by atoms with Crippen LogP contribution in [0.1, 0.15) is 40.0 Å². The van der Waals surface area contributed by atoms with E-state index in [2.05, 4.69) is 24.1 Å². The normalized spacial score (nSPS) is 26.4. The van der Waals surface area contributed by atoms with Crippen molar-refractivity contribution >= 4 is 11.5 Å². The Morgan fingerprint density at radius 2 is 2.00 bits per heavy atom. The van der Waals surface area contributed by atoms with Crippen LogP contribution in [-0.4, -0.2) is 15.6 Å². The van der Waals surface area contributed by atoms with Crippen LogP contribution in [0.3, 0.4) is 0 Å². The predicted molar refractivity (Wildman–Crippen MR) is 81.0 cm³/mol. The van der Waals surface area contributed by atoms with Gasteiger partial charge in [-0.2, -0.15) is 0 Å². The molecule has 0 amide bonds. The third kappa shape index (κ3) is 2.73. The number of aromatic amines is 1. The highest BCUT2D eigenvalue weighted by Gasteiger charge is 2.25. The topological polar surface area (TPSA) is 92.9 Å². The maximum atomic E-state index is 11.9. The summed E-state index contributed by atoms with van der Waals surface area (Å²) >= 11 is 0. The van der Waals surface area contributed by atoms with Gasteiger partial charge in [-0.3, -0.25) is 14.3 Å². The Balaban J connectivity index is 2.26. The number of nitrogens with two attached hydrogens (primary N) is 1. The van der Waals surface area contributed by atoms with Gasteiger partial charge in [0.15, 0.2) is 0 Å². The van der Waals surface area contributed by atoms with Gasteiger partial charge in [0, 0.05) is 12.6 Å². The Morgan fingerprint density at radius 1 is 1.30 bits per heavy atom. The number of hydrogen-bond acceptors (Lipinski definition) is 4. The van der Waals surface area contributed by atoms with Crippen LogP contribution in [0.4, 0.5) is 11.5 Å². The second-order valence-corrected chi connectivity index (χ2v) is 5.87. The van der Waals surface area contributed by atoms with Crippen LogP contribution in [0.5, 0.6) is 0 Å². The van der Waals surface area contributed by atoms with Crippen molar-refractivity contribution in [3.63, 3.8) is 0 Å². The minimum atomic E-state index is -0.453. The van der Waals surface area contributed by atoms with Crippen LogP contribution in [0.25, 0.3) is 0 Å². The minimum Gasteiger partial charge on any atom is -0.383 e. The van der Waals surface area contributed by atoms with Gasteiger partial charge in [-0.15, -0.1) is 0 Å². The SMILES string of the molecule is CCn1c(N)c(NC2CCC(C)C(C)C2)c(=O)[nH]c1=O. The molecule has 3 atom stereocenters. The van der Waals surface area contributed by atoms with Gasteiger partial charge in [-0.1, -0.05) is 13.8 Å². The molecule has 0 spiro atoms. The van der Waals surface area contributed by atoms with Gasteiger partial charge in [0.2, 0.25) is 0 Å². The number of anilines is 2. The molecule has 2 rings (SSSR count). The average molecular weight is 280 g/mol. The zero-order chi connectivity index (χ0) is 14.9. The van der Waals surface area contributed by atoms with E-state index < -0.39 is 11.2 Å². The van der Waals surface area contributed by atoms with E-state index in [9.17, 15) is 9.59 Å². The van der Waals surface area contributed by atoms with Crippen molar-refractivity contribution in [2.75, 3.05) is 11.1 Å². The van der Waals surface area contributed by atoms with Crippen LogP contribution in [0.15, 0.2) is 9.59 Å². The highest BCUT2D eigenvalue weighted by atomic mass is 16.2. The maximum Gasteiger partial charge on any atom is 0.330 e. The first-order chi connectivity index (χ1) is 9.43. The monoisotopic (exact) mass is 280 g/mol. The smallest absolute Gasteiger partial charge is 0.330 e. The molecule has 1 aromatic rings. The molecule has 1 heterocycles. The largest absolute Gasteiger partial charge is 0.383 e. The maximum absolute atomic E-state index is 11.9. The molecule has 4 N–H and O–H groups in total. The number of rotatable bonds is 3. The summed E-state index contributed by atoms with van der Waals surface area (Å²) in [6, 6.07) is 0.243. The lowest BCUT2D eigenvalue weighted by Gasteiger charge is -2.33. The van der Waals surface area contributed by atoms with Crippen molar-refractivity contribution in [2.24, 2.45) is 11.8 Å². The van der Waals surface area contributed by atoms with Crippen molar-refractivity contribution < 1.29 is 0 Å². The number of nitrogens with zero attached hydrogens (tertiary/aromatic N) is 1. The fourth-order valence-corrected chi connectivity index (χ4v) is 2.92. The molecular formula is C14H24N4O2. The number of nitrogen functional groups attached to an aromatic ring is 1. The van der Waals surface area contributed by atoms with E-state index in [1.165, 1.54) is 4.57 Å². The zero-order valence-electron chi connectivity index (χ0n) is 12.4. The van der Waals surface area contributed by atoms with Gasteiger partial charge in [-0.05, 0) is 38.0 Å². The van der Waals surface area contributed by atoms with E-state index in [0.717, 1.165) is 19.3 Å². The standard InChI is InChI=1S/C14H24N4O2/c1-4-18-12(15)11(13(19)17-14(18)20)16-10-6-5-8(2)9(3)7-10/h8-10,16H,4-7,15H2,1-3H3,(H,17,19,20). The lowest BCUT2D eigenvalue weighted by Crippen LogP contribution is -2.37. The number of nitrogens with one attached hydrogen (secondary N) is 2. The van der Waals surface area contributed by atoms with Crippen LogP contribution >= 0.6 is 0 Å². The van der Waals surface area contributed by atoms with Gasteiger partial charge in [0.25, 0.3) is 5.56 Å². The second kappa shape index (κ2) is 5.73. The fourth-order valence-electron chi connectivity index (χ4n) is 2.92. The molecular weight excluding hydrogens is 256 g/mol. The summed E-state index contributed by atoms with van der Waals surface area (Å²) in [5.41, 5.74) is 5.41. The predicted octanol–water partition coefficient (Wildman–Crippen LogP) is 1.38. The first kappa shape index (κ1) is 14.7. The van der Waals surface area contributed by atoms with Crippen LogP contribution < -0.4 is 22.3 Å². The van der Waals surface area contributed by atoms with Gasteiger partial charge < -0.3 is 11.1 Å². The molecule has 20 heavy (non-hydrogen) atoms. The first-order valence-electron chi connectivity index (χ1n) is 7.33. The van der Waals surface area contributed by atoms with Gasteiger partial charge in [-0.25, -0.2) is 4.79 Å². The van der Waals surface area contributed by atoms with Gasteiger partial charge in [0.1, 0.15) is 11.5 Å². The Kier molecular flexibility index (Phi) is 4.20. The summed E-state index contributed by atoms with van der Waals surface area (Å²) < 4.78 is 1.37. The third-order valence-corrected chi connectivity index (χ3v) is 4.50. The molecule has 3 unspecified atom stereocenters. The van der Waals surface area contributed by atoms with Crippen molar-refractivity contribution in [2.45, 2.75) is 52.6 Å². The Labute approximate surface area is 118 Å². The molecule has 112 valence electrons. The lowest BCUT2D eigenvalue weighted by atomic mass is 9.79. The Hall–Kier alpha value is -1.72. The van der Waals surface area contributed by atoms with Gasteiger partial charge in [0.05, 0.1) is 0 Å². The zero-order valence-corrected chi connectivity index (χ0v) is 12.4. The average Bonchev–Trinajstić information content (AvgIpc) is 2.39. The van der Waals surface area contributed by atoms with Gasteiger partial charge >= 0.3 is 5.69 Å². The summed E-state index contributed by atoms with van der Waals surface area (Å²) in [6.07, 6.45) is 3.19. The quantitative estimate of drug-likeness (QED) is 0.779. The molecule has 6 nitrogen and oxygen atoms in total. The van der Waals surface area contributed by atoms with Crippen molar-refractivity contribution in [3.05, 3.63) is 20.8 Å². The van der Waals surface area contributed by atoms with Crippen molar-refractivity contribution in [1.29, 1.82) is 0 Å². The summed E-state index contributed by atoms with van der Waals surface area (Å²) in [5.74, 6) is 1.57. The van der Waals surface area contributed by atoms with Crippen molar-refractivity contribution in [1.82, 2.24) is 9.55 Å². The number of aromatic nitrogens is 2. The second-order valence-electron chi connectivity index (χ2n) is 5.87. The fraction of sp³-hybridized carbons (Fsp3) is 0.714. The molecule has 0 bridgehead atoms. The molecule has 1 fully saturated rings. The molecule has 1 saturated carbocycles. The molecule has 0 aliphatic heterocycles. The molecule has 0 radical (unpaired) electrons. The summed E-state index contributed by atoms with van der Waals surface area (Å²) in [7, 11) is 0. The Morgan fingerprint density at radius 3 is 2.60 bits per heavy atom.